The number of hydrogen-bond acceptors (Lipinski definition) is 8. The average Bonchev–Trinajstić information content (AvgIpc) is 3.26. The van der Waals surface area contributed by atoms with Gasteiger partial charge in [-0.15, -0.1) is 0 Å². The van der Waals surface area contributed by atoms with Crippen LogP contribution in [-0.4, -0.2) is 69.6 Å². The molecule has 8 heteroatoms. The highest BCUT2D eigenvalue weighted by molar-refractivity contribution is 5.70. The second kappa shape index (κ2) is 21.7. The van der Waals surface area contributed by atoms with Gasteiger partial charge >= 0.3 is 11.9 Å². The molecule has 66 heavy (non-hydrogen) atoms. The average molecular weight is 901 g/mol. The first kappa shape index (κ1) is 51.1. The van der Waals surface area contributed by atoms with Crippen LogP contribution < -0.4 is 0 Å². The quantitative estimate of drug-likeness (QED) is 0.0604. The molecule has 0 unspecified atom stereocenters. The molecule has 8 nitrogen and oxygen atoms in total. The molecule has 2 aliphatic heterocycles. The van der Waals surface area contributed by atoms with Crippen LogP contribution in [0.2, 0.25) is 0 Å². The molecule has 0 amide bonds. The molecule has 0 radical (unpaired) electrons. The molecule has 2 fully saturated rings. The van der Waals surface area contributed by atoms with Crippen LogP contribution in [0.15, 0.2) is 121 Å². The molecule has 2 saturated heterocycles. The van der Waals surface area contributed by atoms with E-state index in [0.717, 1.165) is 38.5 Å². The van der Waals surface area contributed by atoms with Gasteiger partial charge in [0.2, 0.25) is 0 Å². The molecule has 358 valence electrons. The molecule has 0 spiro atoms. The Labute approximate surface area is 397 Å². The molecule has 0 aliphatic carbocycles. The fourth-order valence-corrected chi connectivity index (χ4v) is 11.2. The van der Waals surface area contributed by atoms with E-state index in [0.29, 0.717) is 51.7 Å². The molecule has 0 N–H and O–H groups in total. The third-order valence-corrected chi connectivity index (χ3v) is 14.3. The number of hydrogen-bond donors (Lipinski definition) is 0. The summed E-state index contributed by atoms with van der Waals surface area (Å²) in [5.41, 5.74) is 2.77. The first-order chi connectivity index (χ1) is 31.3. The van der Waals surface area contributed by atoms with E-state index >= 15 is 0 Å². The van der Waals surface area contributed by atoms with Crippen molar-refractivity contribution in [1.29, 1.82) is 0 Å². The second-order valence-corrected chi connectivity index (χ2v) is 22.2. The number of esters is 2. The van der Waals surface area contributed by atoms with E-state index in [1.807, 2.05) is 0 Å². The van der Waals surface area contributed by atoms with E-state index in [4.69, 9.17) is 19.1 Å². The van der Waals surface area contributed by atoms with Gasteiger partial charge in [-0.1, -0.05) is 147 Å². The number of ether oxygens (including phenoxy) is 2. The molecule has 4 aromatic carbocycles. The second-order valence-electron chi connectivity index (χ2n) is 22.2. The number of carbonyl (C=O) groups excluding carboxylic acids is 2. The van der Waals surface area contributed by atoms with Gasteiger partial charge in [-0.25, -0.2) is 0 Å². The predicted octanol–water partition coefficient (Wildman–Crippen LogP) is 13.1. The number of benzene rings is 4. The molecule has 2 aliphatic rings. The number of carbonyl (C=O) groups is 2. The van der Waals surface area contributed by atoms with Gasteiger partial charge in [-0.3, -0.25) is 19.3 Å². The number of piperidine rings is 2. The Hall–Kier alpha value is -4.34. The van der Waals surface area contributed by atoms with Gasteiger partial charge in [0.25, 0.3) is 0 Å². The van der Waals surface area contributed by atoms with E-state index in [1.54, 1.807) is 0 Å². The summed E-state index contributed by atoms with van der Waals surface area (Å²) in [5.74, 6) is -0.239. The van der Waals surface area contributed by atoms with Crippen molar-refractivity contribution in [2.24, 2.45) is 0 Å². The summed E-state index contributed by atoms with van der Waals surface area (Å²) in [6.07, 6.45) is 8.89. The minimum absolute atomic E-state index is 0.119. The van der Waals surface area contributed by atoms with Crippen molar-refractivity contribution in [3.05, 3.63) is 144 Å². The summed E-state index contributed by atoms with van der Waals surface area (Å²) in [6.45, 7) is 23.0. The number of rotatable bonds is 21. The van der Waals surface area contributed by atoms with Crippen molar-refractivity contribution in [1.82, 2.24) is 10.1 Å². The molecule has 0 bridgehead atoms. The fraction of sp³-hybridized carbons (Fsp3) is 0.552. The van der Waals surface area contributed by atoms with Gasteiger partial charge < -0.3 is 9.47 Å². The van der Waals surface area contributed by atoms with Crippen LogP contribution in [-0.2, 0) is 39.6 Å². The highest BCUT2D eigenvalue weighted by atomic mass is 16.7. The molecule has 4 aromatic rings. The molecular weight excluding hydrogens is 821 g/mol. The highest BCUT2D eigenvalue weighted by Crippen LogP contribution is 2.44. The van der Waals surface area contributed by atoms with Gasteiger partial charge in [0, 0.05) is 71.5 Å². The Balaban J connectivity index is 0.876. The molecule has 0 atom stereocenters. The van der Waals surface area contributed by atoms with Crippen LogP contribution in [0.3, 0.4) is 0 Å². The Morgan fingerprint density at radius 3 is 0.939 bits per heavy atom. The first-order valence-corrected chi connectivity index (χ1v) is 24.7. The molecule has 0 aromatic heterocycles. The van der Waals surface area contributed by atoms with Crippen molar-refractivity contribution in [2.75, 3.05) is 13.2 Å². The van der Waals surface area contributed by atoms with E-state index in [1.165, 1.54) is 22.3 Å². The summed E-state index contributed by atoms with van der Waals surface area (Å²) in [5, 5.41) is 4.31. The maximum absolute atomic E-state index is 13.1. The van der Waals surface area contributed by atoms with Crippen LogP contribution in [0.25, 0.3) is 0 Å². The molecule has 6 rings (SSSR count). The van der Waals surface area contributed by atoms with Crippen molar-refractivity contribution in [3.8, 4) is 0 Å². The molecule has 2 heterocycles. The summed E-state index contributed by atoms with van der Waals surface area (Å²) in [4.78, 5) is 39.9. The van der Waals surface area contributed by atoms with E-state index in [9.17, 15) is 9.59 Å². The van der Waals surface area contributed by atoms with Gasteiger partial charge in [-0.2, -0.15) is 10.1 Å². The van der Waals surface area contributed by atoms with Gasteiger partial charge in [0.15, 0.2) is 0 Å². The maximum Gasteiger partial charge on any atom is 0.306 e. The van der Waals surface area contributed by atoms with E-state index in [-0.39, 0.29) is 57.1 Å². The summed E-state index contributed by atoms with van der Waals surface area (Å²) in [6, 6.07) is 42.3. The van der Waals surface area contributed by atoms with Gasteiger partial charge in [-0.05, 0) is 104 Å². The lowest BCUT2D eigenvalue weighted by Crippen LogP contribution is -2.62. The van der Waals surface area contributed by atoms with Crippen LogP contribution in [0.5, 0.6) is 0 Å². The van der Waals surface area contributed by atoms with E-state index in [2.05, 4.69) is 201 Å². The lowest BCUT2D eigenvalue weighted by Gasteiger charge is -2.54. The topological polar surface area (TPSA) is 77.5 Å². The Morgan fingerprint density at radius 2 is 0.682 bits per heavy atom. The van der Waals surface area contributed by atoms with Crippen LogP contribution in [0.1, 0.15) is 169 Å². The summed E-state index contributed by atoms with van der Waals surface area (Å²) in [7, 11) is 0. The largest absolute Gasteiger partial charge is 0.462 e. The van der Waals surface area contributed by atoms with Crippen molar-refractivity contribution in [3.63, 3.8) is 0 Å². The zero-order chi connectivity index (χ0) is 47.6. The number of nitrogens with zero attached hydrogens (tertiary/aromatic N) is 2. The van der Waals surface area contributed by atoms with Crippen LogP contribution >= 0.6 is 0 Å². The van der Waals surface area contributed by atoms with Crippen molar-refractivity contribution >= 4 is 11.9 Å². The van der Waals surface area contributed by atoms with Gasteiger partial charge in [0.1, 0.15) is 12.2 Å². The Kier molecular flexibility index (Phi) is 16.8. The monoisotopic (exact) mass is 901 g/mol. The van der Waals surface area contributed by atoms with Crippen LogP contribution in [0, 0.1) is 0 Å². The molecule has 0 saturated carbocycles. The molecular formula is C58H80N2O6. The lowest BCUT2D eigenvalue weighted by molar-refractivity contribution is -0.298. The minimum atomic E-state index is -0.345. The Bertz CT molecular complexity index is 1850. The fourth-order valence-electron chi connectivity index (χ4n) is 11.2. The number of hydroxylamine groups is 4. The highest BCUT2D eigenvalue weighted by Gasteiger charge is 2.50. The normalized spacial score (nSPS) is 19.0. The zero-order valence-electron chi connectivity index (χ0n) is 41.9. The van der Waals surface area contributed by atoms with Crippen LogP contribution in [0.4, 0.5) is 0 Å². The minimum Gasteiger partial charge on any atom is -0.462 e. The summed E-state index contributed by atoms with van der Waals surface area (Å²) < 4.78 is 12.3. The summed E-state index contributed by atoms with van der Waals surface area (Å²) >= 11 is 0. The lowest BCUT2D eigenvalue weighted by atomic mass is 9.77. The third kappa shape index (κ3) is 12.8. The van der Waals surface area contributed by atoms with Crippen molar-refractivity contribution < 1.29 is 28.7 Å². The standard InChI is InChI=1S/C58H80N2O6/c1-53(2)39-49(40-54(3,4)59(53)63-43-57(9,45-29-19-15-20-30-45)46-31-21-16-22-32-46)65-51(61)37-27-13-11-12-14-28-38-52(62)66-50-41-55(5,6)60(56(7,8)42-50)64-44-58(10,47-33-23-17-24-34-47)48-35-25-18-26-36-48/h15-26,29-36,49-50H,11-14,27-28,37-44H2,1-10H3. The number of unbranched alkanes of at least 4 members (excludes halogenated alkanes) is 5. The predicted molar refractivity (Wildman–Crippen MR) is 266 cm³/mol. The first-order valence-electron chi connectivity index (χ1n) is 24.7. The smallest absolute Gasteiger partial charge is 0.306 e. The van der Waals surface area contributed by atoms with Gasteiger partial charge in [0.05, 0.1) is 13.2 Å². The zero-order valence-corrected chi connectivity index (χ0v) is 41.9. The van der Waals surface area contributed by atoms with Crippen molar-refractivity contribution in [2.45, 2.75) is 191 Å². The maximum atomic E-state index is 13.1. The SMILES string of the molecule is CC(CON1C(C)(C)CC(OC(=O)CCCCCCCCC(=O)OC2CC(C)(C)N(OCC(C)(c3ccccc3)c3ccccc3)C(C)(C)C2)CC1(C)C)(c1ccccc1)c1ccccc1. The van der Waals surface area contributed by atoms with E-state index < -0.39 is 0 Å². The third-order valence-electron chi connectivity index (χ3n) is 14.3. The Morgan fingerprint density at radius 1 is 0.439 bits per heavy atom.